The molecule has 0 aromatic carbocycles. The Morgan fingerprint density at radius 2 is 2.62 bits per heavy atom. The fourth-order valence-electron chi connectivity index (χ4n) is 0.474. The monoisotopic (exact) mass is 116 g/mol. The van der Waals surface area contributed by atoms with Crippen molar-refractivity contribution in [3.8, 4) is 0 Å². The van der Waals surface area contributed by atoms with Gasteiger partial charge in [-0.15, -0.1) is 0 Å². The zero-order valence-electron chi connectivity index (χ0n) is 4.17. The molecule has 0 bridgehead atoms. The van der Waals surface area contributed by atoms with E-state index < -0.39 is 5.91 Å². The van der Waals surface area contributed by atoms with E-state index in [1.807, 2.05) is 0 Å². The van der Waals surface area contributed by atoms with Gasteiger partial charge in [0.05, 0.1) is 0 Å². The SMILES string of the molecule is O=C1CCC=NN1F. The van der Waals surface area contributed by atoms with Crippen LogP contribution in [0.3, 0.4) is 0 Å². The maximum Gasteiger partial charge on any atom is 0.274 e. The highest BCUT2D eigenvalue weighted by Gasteiger charge is 2.12. The van der Waals surface area contributed by atoms with E-state index in [-0.39, 0.29) is 11.7 Å². The molecule has 0 unspecified atom stereocenters. The molecule has 0 aromatic heterocycles. The molecular weight excluding hydrogens is 111 g/mol. The van der Waals surface area contributed by atoms with Gasteiger partial charge < -0.3 is 0 Å². The average Bonchev–Trinajstić information content (AvgIpc) is 1.77. The fourth-order valence-corrected chi connectivity index (χ4v) is 0.474. The van der Waals surface area contributed by atoms with Crippen molar-refractivity contribution < 1.29 is 9.28 Å². The van der Waals surface area contributed by atoms with Crippen molar-refractivity contribution >= 4 is 12.1 Å². The maximum absolute atomic E-state index is 11.9. The van der Waals surface area contributed by atoms with Gasteiger partial charge in [-0.3, -0.25) is 4.79 Å². The Morgan fingerprint density at radius 1 is 1.88 bits per heavy atom. The molecule has 0 saturated heterocycles. The molecule has 4 heteroatoms. The van der Waals surface area contributed by atoms with Gasteiger partial charge in [0.2, 0.25) is 0 Å². The molecule has 3 nitrogen and oxygen atoms in total. The van der Waals surface area contributed by atoms with Gasteiger partial charge in [-0.25, -0.2) is 0 Å². The summed E-state index contributed by atoms with van der Waals surface area (Å²) in [7, 11) is 0. The normalized spacial score (nSPS) is 19.6. The second-order valence-electron chi connectivity index (χ2n) is 1.49. The number of hydrazone groups is 1. The van der Waals surface area contributed by atoms with E-state index in [0.29, 0.717) is 6.42 Å². The van der Waals surface area contributed by atoms with Crippen LogP contribution in [0.1, 0.15) is 12.8 Å². The molecule has 44 valence electrons. The molecule has 8 heavy (non-hydrogen) atoms. The van der Waals surface area contributed by atoms with E-state index in [1.54, 1.807) is 0 Å². The Labute approximate surface area is 45.7 Å². The lowest BCUT2D eigenvalue weighted by atomic mass is 10.3. The van der Waals surface area contributed by atoms with Crippen LogP contribution >= 0.6 is 0 Å². The Hall–Kier alpha value is -0.930. The van der Waals surface area contributed by atoms with Gasteiger partial charge in [-0.05, 0) is 6.42 Å². The van der Waals surface area contributed by atoms with Gasteiger partial charge in [-0.1, -0.05) is 9.71 Å². The smallest absolute Gasteiger partial charge is 0.270 e. The lowest BCUT2D eigenvalue weighted by Gasteiger charge is -2.07. The summed E-state index contributed by atoms with van der Waals surface area (Å²) in [6.45, 7) is 0. The summed E-state index contributed by atoms with van der Waals surface area (Å²) in [6, 6.07) is 0. The average molecular weight is 116 g/mol. The van der Waals surface area contributed by atoms with E-state index in [1.165, 1.54) is 6.21 Å². The molecule has 0 radical (unpaired) electrons. The molecule has 0 aromatic rings. The zero-order valence-corrected chi connectivity index (χ0v) is 4.17. The maximum atomic E-state index is 11.9. The van der Waals surface area contributed by atoms with Gasteiger partial charge >= 0.3 is 0 Å². The summed E-state index contributed by atoms with van der Waals surface area (Å²) < 4.78 is 11.9. The van der Waals surface area contributed by atoms with E-state index in [2.05, 4.69) is 5.10 Å². The van der Waals surface area contributed by atoms with Crippen molar-refractivity contribution in [1.82, 2.24) is 5.23 Å². The van der Waals surface area contributed by atoms with Crippen LogP contribution in [0.2, 0.25) is 0 Å². The Kier molecular flexibility index (Phi) is 1.24. The fraction of sp³-hybridized carbons (Fsp3) is 0.500. The molecule has 1 heterocycles. The molecule has 1 amide bonds. The van der Waals surface area contributed by atoms with Gasteiger partial charge in [0.25, 0.3) is 5.91 Å². The Balaban J connectivity index is 2.60. The Morgan fingerprint density at radius 3 is 3.00 bits per heavy atom. The predicted octanol–water partition coefficient (Wildman–Crippen LogP) is 0.479. The number of rotatable bonds is 0. The number of hydrogen-bond acceptors (Lipinski definition) is 2. The summed E-state index contributed by atoms with van der Waals surface area (Å²) >= 11 is 0. The van der Waals surface area contributed by atoms with E-state index in [0.717, 1.165) is 0 Å². The topological polar surface area (TPSA) is 32.7 Å². The van der Waals surface area contributed by atoms with Crippen molar-refractivity contribution in [2.24, 2.45) is 5.10 Å². The molecule has 0 fully saturated rings. The summed E-state index contributed by atoms with van der Waals surface area (Å²) in [6.07, 6.45) is 2.17. The highest BCUT2D eigenvalue weighted by molar-refractivity contribution is 5.81. The minimum atomic E-state index is -0.562. The highest BCUT2D eigenvalue weighted by Crippen LogP contribution is 2.02. The molecule has 1 rings (SSSR count). The minimum absolute atomic E-state index is 0.135. The second-order valence-corrected chi connectivity index (χ2v) is 1.49. The van der Waals surface area contributed by atoms with Gasteiger partial charge in [0.1, 0.15) is 0 Å². The van der Waals surface area contributed by atoms with Crippen molar-refractivity contribution in [2.45, 2.75) is 12.8 Å². The third-order valence-electron chi connectivity index (χ3n) is 0.876. The highest BCUT2D eigenvalue weighted by atomic mass is 19.2. The molecule has 0 atom stereocenters. The first kappa shape index (κ1) is 5.21. The first-order valence-electron chi connectivity index (χ1n) is 2.32. The third-order valence-corrected chi connectivity index (χ3v) is 0.876. The first-order valence-corrected chi connectivity index (χ1v) is 2.32. The molecular formula is C4H5FN2O. The van der Waals surface area contributed by atoms with Crippen LogP contribution in [0.5, 0.6) is 0 Å². The van der Waals surface area contributed by atoms with E-state index in [4.69, 9.17) is 0 Å². The molecule has 1 aliphatic heterocycles. The largest absolute Gasteiger partial charge is 0.274 e. The lowest BCUT2D eigenvalue weighted by Crippen LogP contribution is -2.20. The predicted molar refractivity (Wildman–Crippen MR) is 25.7 cm³/mol. The van der Waals surface area contributed by atoms with Crippen LogP contribution in [0.25, 0.3) is 0 Å². The Bertz CT molecular complexity index is 134. The van der Waals surface area contributed by atoms with Gasteiger partial charge in [-0.2, -0.15) is 5.10 Å². The number of carbonyl (C=O) groups excluding carboxylic acids is 1. The standard InChI is InChI=1S/C4H5FN2O/c5-7-4(8)2-1-3-6-7/h3H,1-2H2. The molecule has 0 N–H and O–H groups in total. The van der Waals surface area contributed by atoms with Crippen LogP contribution < -0.4 is 0 Å². The van der Waals surface area contributed by atoms with E-state index >= 15 is 0 Å². The zero-order chi connectivity index (χ0) is 5.98. The van der Waals surface area contributed by atoms with Crippen LogP contribution in [0.15, 0.2) is 5.10 Å². The number of carbonyl (C=O) groups is 1. The van der Waals surface area contributed by atoms with E-state index in [9.17, 15) is 9.28 Å². The summed E-state index contributed by atoms with van der Waals surface area (Å²) in [5.41, 5.74) is 0. The van der Waals surface area contributed by atoms with Crippen LogP contribution in [-0.4, -0.2) is 17.4 Å². The lowest BCUT2D eigenvalue weighted by molar-refractivity contribution is -0.147. The quantitative estimate of drug-likeness (QED) is 0.423. The van der Waals surface area contributed by atoms with Gasteiger partial charge in [0, 0.05) is 12.6 Å². The van der Waals surface area contributed by atoms with Crippen molar-refractivity contribution in [3.63, 3.8) is 0 Å². The van der Waals surface area contributed by atoms with Crippen LogP contribution in [0.4, 0.5) is 4.48 Å². The molecule has 0 spiro atoms. The summed E-state index contributed by atoms with van der Waals surface area (Å²) in [5, 5.41) is 2.97. The van der Waals surface area contributed by atoms with Crippen LogP contribution in [0, 0.1) is 0 Å². The molecule has 1 aliphatic rings. The van der Waals surface area contributed by atoms with Crippen molar-refractivity contribution in [1.29, 1.82) is 0 Å². The minimum Gasteiger partial charge on any atom is -0.270 e. The third kappa shape index (κ3) is 0.828. The van der Waals surface area contributed by atoms with Crippen LogP contribution in [-0.2, 0) is 4.79 Å². The number of hydrogen-bond donors (Lipinski definition) is 0. The van der Waals surface area contributed by atoms with Crippen molar-refractivity contribution in [2.75, 3.05) is 0 Å². The molecule has 0 aliphatic carbocycles. The van der Waals surface area contributed by atoms with Crippen molar-refractivity contribution in [3.05, 3.63) is 0 Å². The van der Waals surface area contributed by atoms with Gasteiger partial charge in [0.15, 0.2) is 0 Å². The number of halogens is 1. The molecule has 0 saturated carbocycles. The second kappa shape index (κ2) is 1.90. The number of nitrogens with zero attached hydrogens (tertiary/aromatic N) is 2. The summed E-state index contributed by atoms with van der Waals surface area (Å²) in [5.74, 6) is -0.562. The summed E-state index contributed by atoms with van der Waals surface area (Å²) in [4.78, 5) is 10.2. The number of amides is 1. The first-order chi connectivity index (χ1) is 3.80.